The van der Waals surface area contributed by atoms with Crippen molar-refractivity contribution in [2.75, 3.05) is 33.2 Å². The van der Waals surface area contributed by atoms with Crippen LogP contribution in [0.3, 0.4) is 0 Å². The monoisotopic (exact) mass is 367 g/mol. The zero-order valence-corrected chi connectivity index (χ0v) is 16.7. The minimum Gasteiger partial charge on any atom is -0.326 e. The zero-order valence-electron chi connectivity index (χ0n) is 15.8. The van der Waals surface area contributed by atoms with E-state index < -0.39 is 9.39 Å². The first-order chi connectivity index (χ1) is 11.9. The zero-order chi connectivity index (χ0) is 18.4. The van der Waals surface area contributed by atoms with E-state index in [0.717, 1.165) is 43.1 Å². The largest absolute Gasteiger partial charge is 0.326 e. The van der Waals surface area contributed by atoms with Gasteiger partial charge in [-0.1, -0.05) is 31.2 Å². The third-order valence-electron chi connectivity index (χ3n) is 5.10. The van der Waals surface area contributed by atoms with E-state index in [-0.39, 0.29) is 5.82 Å². The average molecular weight is 368 g/mol. The molecule has 5 heteroatoms. The summed E-state index contributed by atoms with van der Waals surface area (Å²) in [5.74, 6) is 9.27. The Morgan fingerprint density at radius 3 is 2.84 bits per heavy atom. The van der Waals surface area contributed by atoms with Crippen molar-refractivity contribution in [3.63, 3.8) is 0 Å². The van der Waals surface area contributed by atoms with Crippen LogP contribution < -0.4 is 5.73 Å². The van der Waals surface area contributed by atoms with Crippen LogP contribution in [0.4, 0.5) is 4.39 Å². The van der Waals surface area contributed by atoms with Crippen molar-refractivity contribution in [3.05, 3.63) is 29.6 Å². The number of benzene rings is 1. The maximum atomic E-state index is 13.8. The first kappa shape index (κ1) is 20.4. The van der Waals surface area contributed by atoms with Gasteiger partial charge in [-0.25, -0.2) is 4.39 Å². The third kappa shape index (κ3) is 5.30. The summed E-state index contributed by atoms with van der Waals surface area (Å²) >= 11 is 0. The van der Waals surface area contributed by atoms with Gasteiger partial charge in [0.05, 0.1) is 0 Å². The van der Waals surface area contributed by atoms with E-state index in [0.29, 0.717) is 12.5 Å². The number of nitrogens with two attached hydrogens (primary N) is 1. The molecular formula is C20H34FN3S. The van der Waals surface area contributed by atoms with Gasteiger partial charge in [0.1, 0.15) is 5.82 Å². The van der Waals surface area contributed by atoms with Crippen LogP contribution in [0.25, 0.3) is 0 Å². The van der Waals surface area contributed by atoms with E-state index in [4.69, 9.17) is 5.73 Å². The molecule has 1 aliphatic rings. The van der Waals surface area contributed by atoms with E-state index in [9.17, 15) is 4.39 Å². The van der Waals surface area contributed by atoms with E-state index >= 15 is 0 Å². The Labute approximate surface area is 153 Å². The molecule has 1 heterocycles. The van der Waals surface area contributed by atoms with Crippen LogP contribution in [0, 0.1) is 11.7 Å². The highest BCUT2D eigenvalue weighted by molar-refractivity contribution is 8.25. The fraction of sp³-hybridized carbons (Fsp3) is 0.600. The second-order valence-electron chi connectivity index (χ2n) is 7.31. The van der Waals surface area contributed by atoms with Crippen LogP contribution in [0.15, 0.2) is 23.1 Å². The van der Waals surface area contributed by atoms with Crippen molar-refractivity contribution in [2.45, 2.75) is 44.0 Å². The van der Waals surface area contributed by atoms with Gasteiger partial charge in [0.25, 0.3) is 0 Å². The van der Waals surface area contributed by atoms with Crippen molar-refractivity contribution in [3.8, 4) is 0 Å². The summed E-state index contributed by atoms with van der Waals surface area (Å²) in [5.41, 5.74) is 6.84. The van der Waals surface area contributed by atoms with Crippen molar-refractivity contribution >= 4 is 21.1 Å². The normalized spacial score (nSPS) is 19.5. The summed E-state index contributed by atoms with van der Waals surface area (Å²) in [7, 11) is 0.492. The van der Waals surface area contributed by atoms with E-state index in [1.807, 2.05) is 0 Å². The lowest BCUT2D eigenvalue weighted by Crippen LogP contribution is -2.38. The number of hydrogen-bond donors (Lipinski definition) is 1. The molecule has 0 spiro atoms. The van der Waals surface area contributed by atoms with Crippen LogP contribution >= 0.6 is 9.39 Å². The number of piperidine rings is 1. The van der Waals surface area contributed by atoms with Crippen molar-refractivity contribution < 1.29 is 4.39 Å². The summed E-state index contributed by atoms with van der Waals surface area (Å²) in [6.07, 6.45) is 4.87. The van der Waals surface area contributed by atoms with Gasteiger partial charge in [-0.05, 0) is 56.5 Å². The van der Waals surface area contributed by atoms with Gasteiger partial charge in [-0.3, -0.25) is 4.31 Å². The fourth-order valence-electron chi connectivity index (χ4n) is 3.64. The third-order valence-corrected chi connectivity index (χ3v) is 7.62. The Balaban J connectivity index is 2.13. The molecule has 142 valence electrons. The molecule has 0 radical (unpaired) electrons. The Morgan fingerprint density at radius 2 is 2.16 bits per heavy atom. The molecule has 25 heavy (non-hydrogen) atoms. The van der Waals surface area contributed by atoms with Gasteiger partial charge in [-0.2, -0.15) is 0 Å². The molecule has 1 aromatic carbocycles. The average Bonchev–Trinajstić information content (AvgIpc) is 2.60. The molecule has 1 saturated heterocycles. The van der Waals surface area contributed by atoms with Crippen molar-refractivity contribution in [1.82, 2.24) is 9.21 Å². The molecular weight excluding hydrogens is 333 g/mol. The molecule has 2 rings (SSSR count). The number of hydrogen-bond acceptors (Lipinski definition) is 3. The lowest BCUT2D eigenvalue weighted by Gasteiger charge is -2.39. The summed E-state index contributed by atoms with van der Waals surface area (Å²) in [6, 6.07) is 4.85. The van der Waals surface area contributed by atoms with Gasteiger partial charge >= 0.3 is 0 Å². The lowest BCUT2D eigenvalue weighted by atomic mass is 9.99. The number of unbranched alkanes of at least 4 members (excludes halogenated alkanes) is 1. The molecule has 0 amide bonds. The van der Waals surface area contributed by atoms with Gasteiger partial charge < -0.3 is 10.6 Å². The molecule has 1 fully saturated rings. The number of nitrogens with zero attached hydrogens (tertiary/aromatic N) is 2. The van der Waals surface area contributed by atoms with Crippen LogP contribution in [-0.4, -0.2) is 54.2 Å². The second-order valence-corrected chi connectivity index (χ2v) is 9.95. The Kier molecular flexibility index (Phi) is 7.50. The SMILES string of the molecule is C=S(=C)(c1cc(F)ccc1CN)N1CCCC(CN(C)CCCC)C1. The Bertz CT molecular complexity index is 657. The van der Waals surface area contributed by atoms with Crippen LogP contribution in [0.2, 0.25) is 0 Å². The maximum absolute atomic E-state index is 13.8. The maximum Gasteiger partial charge on any atom is 0.124 e. The summed E-state index contributed by atoms with van der Waals surface area (Å²) in [4.78, 5) is 3.34. The molecule has 0 aliphatic carbocycles. The molecule has 2 N–H and O–H groups in total. The molecule has 3 nitrogen and oxygen atoms in total. The minimum atomic E-state index is -1.72. The first-order valence-corrected chi connectivity index (χ1v) is 11.2. The highest BCUT2D eigenvalue weighted by Crippen LogP contribution is 2.41. The molecule has 1 aliphatic heterocycles. The number of rotatable bonds is 8. The highest BCUT2D eigenvalue weighted by atomic mass is 32.2. The standard InChI is InChI=1S/C20H34FN3S/c1-5-6-11-23(2)15-17-8-7-12-24(16-17)25(3,4)20-13-19(21)10-9-18(20)14-22/h9-10,13,17H,3-8,11-12,14-16,22H2,1-2H3. The van der Waals surface area contributed by atoms with E-state index in [2.05, 4.69) is 34.9 Å². The van der Waals surface area contributed by atoms with Crippen LogP contribution in [0.1, 0.15) is 38.2 Å². The fourth-order valence-corrected chi connectivity index (χ4v) is 5.87. The summed E-state index contributed by atoms with van der Waals surface area (Å²) < 4.78 is 16.2. The van der Waals surface area contributed by atoms with E-state index in [1.165, 1.54) is 25.3 Å². The van der Waals surface area contributed by atoms with Crippen LogP contribution in [-0.2, 0) is 6.54 Å². The molecule has 1 atom stereocenters. The smallest absolute Gasteiger partial charge is 0.124 e. The first-order valence-electron chi connectivity index (χ1n) is 9.30. The Hall–Kier alpha value is -0.880. The Morgan fingerprint density at radius 1 is 1.40 bits per heavy atom. The van der Waals surface area contributed by atoms with Gasteiger partial charge in [0.15, 0.2) is 0 Å². The summed E-state index contributed by atoms with van der Waals surface area (Å²) in [5, 5.41) is 0. The van der Waals surface area contributed by atoms with Gasteiger partial charge in [0.2, 0.25) is 0 Å². The number of halogens is 1. The quantitative estimate of drug-likeness (QED) is 0.712. The van der Waals surface area contributed by atoms with Gasteiger partial charge in [-0.15, -0.1) is 9.39 Å². The van der Waals surface area contributed by atoms with Gasteiger partial charge in [0, 0.05) is 31.1 Å². The lowest BCUT2D eigenvalue weighted by molar-refractivity contribution is 0.206. The molecule has 1 aromatic rings. The molecule has 1 unspecified atom stereocenters. The van der Waals surface area contributed by atoms with Crippen molar-refractivity contribution in [2.24, 2.45) is 11.7 Å². The second kappa shape index (κ2) is 9.17. The van der Waals surface area contributed by atoms with Crippen molar-refractivity contribution in [1.29, 1.82) is 0 Å². The predicted molar refractivity (Wildman–Crippen MR) is 111 cm³/mol. The molecule has 0 aromatic heterocycles. The predicted octanol–water partition coefficient (Wildman–Crippen LogP) is 3.67. The summed E-state index contributed by atoms with van der Waals surface area (Å²) in [6.45, 7) is 6.86. The van der Waals surface area contributed by atoms with Crippen LogP contribution in [0.5, 0.6) is 0 Å². The molecule has 0 saturated carbocycles. The van der Waals surface area contributed by atoms with E-state index in [1.54, 1.807) is 12.1 Å². The minimum absolute atomic E-state index is 0.232. The molecule has 0 bridgehead atoms. The highest BCUT2D eigenvalue weighted by Gasteiger charge is 2.25. The topological polar surface area (TPSA) is 32.5 Å².